The first-order valence-electron chi connectivity index (χ1n) is 8.80. The van der Waals surface area contributed by atoms with Crippen molar-refractivity contribution in [2.24, 2.45) is 0 Å². The van der Waals surface area contributed by atoms with Gasteiger partial charge >= 0.3 is 6.03 Å². The topological polar surface area (TPSA) is 64.7 Å². The molecular weight excluding hydrogens is 316 g/mol. The van der Waals surface area contributed by atoms with E-state index in [1.807, 2.05) is 32.0 Å². The van der Waals surface area contributed by atoms with Crippen LogP contribution in [0.1, 0.15) is 32.3 Å². The Balaban J connectivity index is 1.79. The van der Waals surface area contributed by atoms with Gasteiger partial charge in [-0.3, -0.25) is 9.69 Å². The summed E-state index contributed by atoms with van der Waals surface area (Å²) in [7, 11) is 3.83. The second kappa shape index (κ2) is 8.34. The van der Waals surface area contributed by atoms with Gasteiger partial charge in [0.2, 0.25) is 5.91 Å². The highest BCUT2D eigenvalue weighted by atomic mass is 16.2. The second-order valence-corrected chi connectivity index (χ2v) is 7.65. The second-order valence-electron chi connectivity index (χ2n) is 7.65. The number of piperidine rings is 1. The van der Waals surface area contributed by atoms with E-state index in [1.165, 1.54) is 5.56 Å². The normalized spacial score (nSPS) is 18.4. The van der Waals surface area contributed by atoms with Crippen molar-refractivity contribution < 1.29 is 9.59 Å². The van der Waals surface area contributed by atoms with E-state index in [9.17, 15) is 9.59 Å². The number of nitrogens with zero attached hydrogens (tertiary/aromatic N) is 2. The number of carbonyl (C=O) groups is 2. The summed E-state index contributed by atoms with van der Waals surface area (Å²) in [5, 5.41) is 6.04. The molecule has 1 atom stereocenters. The molecule has 0 bridgehead atoms. The van der Waals surface area contributed by atoms with Gasteiger partial charge in [-0.05, 0) is 32.9 Å². The maximum Gasteiger partial charge on any atom is 0.315 e. The molecule has 0 spiro atoms. The summed E-state index contributed by atoms with van der Waals surface area (Å²) in [5.41, 5.74) is 0.893. The number of hydrogen-bond acceptors (Lipinski definition) is 3. The van der Waals surface area contributed by atoms with Gasteiger partial charge in [0.15, 0.2) is 0 Å². The van der Waals surface area contributed by atoms with Crippen molar-refractivity contribution in [2.75, 3.05) is 27.2 Å². The van der Waals surface area contributed by atoms with E-state index in [0.717, 1.165) is 13.1 Å². The molecule has 1 aliphatic rings. The van der Waals surface area contributed by atoms with Crippen LogP contribution in [0.5, 0.6) is 0 Å². The van der Waals surface area contributed by atoms with Crippen molar-refractivity contribution >= 4 is 11.9 Å². The van der Waals surface area contributed by atoms with Gasteiger partial charge in [-0.2, -0.15) is 0 Å². The number of amides is 3. The van der Waals surface area contributed by atoms with E-state index in [0.29, 0.717) is 19.4 Å². The fraction of sp³-hybridized carbons (Fsp3) is 0.579. The molecule has 0 radical (unpaired) electrons. The van der Waals surface area contributed by atoms with Crippen molar-refractivity contribution in [3.05, 3.63) is 35.9 Å². The number of hydrogen-bond donors (Lipinski definition) is 2. The fourth-order valence-corrected chi connectivity index (χ4v) is 3.32. The van der Waals surface area contributed by atoms with Gasteiger partial charge in [0.1, 0.15) is 0 Å². The fourth-order valence-electron chi connectivity index (χ4n) is 3.32. The van der Waals surface area contributed by atoms with E-state index >= 15 is 0 Å². The summed E-state index contributed by atoms with van der Waals surface area (Å²) in [6.07, 6.45) is 1.19. The van der Waals surface area contributed by atoms with Gasteiger partial charge in [-0.25, -0.2) is 4.79 Å². The highest BCUT2D eigenvalue weighted by molar-refractivity contribution is 5.78. The minimum Gasteiger partial charge on any atom is -0.344 e. The van der Waals surface area contributed by atoms with Crippen molar-refractivity contribution in [3.8, 4) is 0 Å². The van der Waals surface area contributed by atoms with Gasteiger partial charge in [0.25, 0.3) is 0 Å². The number of likely N-dealkylation sites (N-methyl/N-ethyl adjacent to an activating group) is 2. The lowest BCUT2D eigenvalue weighted by molar-refractivity contribution is -0.132. The van der Waals surface area contributed by atoms with Crippen LogP contribution in [-0.4, -0.2) is 60.5 Å². The molecule has 25 heavy (non-hydrogen) atoms. The third-order valence-corrected chi connectivity index (χ3v) is 4.37. The van der Waals surface area contributed by atoms with Crippen molar-refractivity contribution in [1.29, 1.82) is 0 Å². The van der Waals surface area contributed by atoms with Crippen LogP contribution in [0.2, 0.25) is 0 Å². The Hall–Kier alpha value is -2.08. The zero-order chi connectivity index (χ0) is 18.4. The van der Waals surface area contributed by atoms with E-state index in [4.69, 9.17) is 0 Å². The summed E-state index contributed by atoms with van der Waals surface area (Å²) >= 11 is 0. The third-order valence-electron chi connectivity index (χ3n) is 4.37. The van der Waals surface area contributed by atoms with Gasteiger partial charge in [0.05, 0.1) is 0 Å². The molecule has 138 valence electrons. The molecule has 1 fully saturated rings. The van der Waals surface area contributed by atoms with Crippen LogP contribution in [0.15, 0.2) is 30.3 Å². The van der Waals surface area contributed by atoms with Crippen molar-refractivity contribution in [2.45, 2.75) is 44.8 Å². The monoisotopic (exact) mass is 346 g/mol. The molecule has 1 aromatic carbocycles. The molecule has 2 N–H and O–H groups in total. The van der Waals surface area contributed by atoms with Gasteiger partial charge in [0, 0.05) is 44.7 Å². The van der Waals surface area contributed by atoms with Crippen molar-refractivity contribution in [1.82, 2.24) is 20.4 Å². The van der Waals surface area contributed by atoms with Crippen LogP contribution in [0, 0.1) is 0 Å². The molecule has 2 rings (SSSR count). The Kier molecular flexibility index (Phi) is 6.42. The van der Waals surface area contributed by atoms with Crippen LogP contribution in [0.4, 0.5) is 4.79 Å². The highest BCUT2D eigenvalue weighted by Gasteiger charge is 2.27. The van der Waals surface area contributed by atoms with Crippen LogP contribution >= 0.6 is 0 Å². The molecule has 1 aliphatic heterocycles. The first-order valence-corrected chi connectivity index (χ1v) is 8.80. The first-order chi connectivity index (χ1) is 11.7. The molecule has 0 saturated carbocycles. The zero-order valence-electron chi connectivity index (χ0n) is 15.7. The molecular formula is C19H30N4O2. The summed E-state index contributed by atoms with van der Waals surface area (Å²) in [6, 6.07) is 10.1. The van der Waals surface area contributed by atoms with E-state index in [1.54, 1.807) is 11.9 Å². The molecule has 1 aromatic rings. The zero-order valence-corrected chi connectivity index (χ0v) is 15.7. The van der Waals surface area contributed by atoms with Gasteiger partial charge in [-0.1, -0.05) is 30.3 Å². The summed E-state index contributed by atoms with van der Waals surface area (Å²) in [5.74, 6) is 0.140. The molecule has 3 amide bonds. The highest BCUT2D eigenvalue weighted by Crippen LogP contribution is 2.11. The largest absolute Gasteiger partial charge is 0.344 e. The van der Waals surface area contributed by atoms with E-state index < -0.39 is 0 Å². The lowest BCUT2D eigenvalue weighted by Crippen LogP contribution is -2.57. The van der Waals surface area contributed by atoms with E-state index in [-0.39, 0.29) is 23.5 Å². The first kappa shape index (κ1) is 19.2. The number of benzene rings is 1. The number of likely N-dealkylation sites (tertiary alicyclic amines) is 1. The molecule has 6 nitrogen and oxygen atoms in total. The third kappa shape index (κ3) is 6.38. The Bertz CT molecular complexity index is 588. The molecule has 1 heterocycles. The lowest BCUT2D eigenvalue weighted by atomic mass is 10.0. The number of urea groups is 1. The van der Waals surface area contributed by atoms with Gasteiger partial charge < -0.3 is 15.5 Å². The standard InChI is InChI=1S/C19H30N4O2/c1-19(2,14-22(3)12-15-8-6-5-7-9-15)21-18(25)20-16-10-11-17(24)23(4)13-16/h5-9,16H,10-14H2,1-4H3,(H2,20,21,25)/t16-/m0/s1. The Labute approximate surface area is 150 Å². The smallest absolute Gasteiger partial charge is 0.315 e. The molecule has 0 aliphatic carbocycles. The van der Waals surface area contributed by atoms with Crippen LogP contribution in [0.3, 0.4) is 0 Å². The summed E-state index contributed by atoms with van der Waals surface area (Å²) in [6.45, 7) is 6.18. The average Bonchev–Trinajstić information content (AvgIpc) is 2.50. The Morgan fingerprint density at radius 1 is 1.32 bits per heavy atom. The number of rotatable bonds is 6. The SMILES string of the molecule is CN(Cc1ccccc1)CC(C)(C)NC(=O)N[C@H]1CCC(=O)N(C)C1. The average molecular weight is 346 g/mol. The predicted molar refractivity (Wildman–Crippen MR) is 99.2 cm³/mol. The lowest BCUT2D eigenvalue weighted by Gasteiger charge is -2.34. The quantitative estimate of drug-likeness (QED) is 0.826. The Morgan fingerprint density at radius 2 is 2.00 bits per heavy atom. The summed E-state index contributed by atoms with van der Waals surface area (Å²) < 4.78 is 0. The number of nitrogens with one attached hydrogen (secondary N) is 2. The molecule has 0 unspecified atom stereocenters. The minimum atomic E-state index is -0.357. The molecule has 6 heteroatoms. The van der Waals surface area contributed by atoms with Crippen LogP contribution in [0.25, 0.3) is 0 Å². The predicted octanol–water partition coefficient (Wildman–Crippen LogP) is 1.82. The van der Waals surface area contributed by atoms with Gasteiger partial charge in [-0.15, -0.1) is 0 Å². The van der Waals surface area contributed by atoms with Crippen LogP contribution < -0.4 is 10.6 Å². The minimum absolute atomic E-state index is 0.0144. The summed E-state index contributed by atoms with van der Waals surface area (Å²) in [4.78, 5) is 27.7. The maximum absolute atomic E-state index is 12.3. The maximum atomic E-state index is 12.3. The van der Waals surface area contributed by atoms with Crippen molar-refractivity contribution in [3.63, 3.8) is 0 Å². The number of carbonyl (C=O) groups excluding carboxylic acids is 2. The van der Waals surface area contributed by atoms with Crippen LogP contribution in [-0.2, 0) is 11.3 Å². The van der Waals surface area contributed by atoms with E-state index in [2.05, 4.69) is 34.7 Å². The molecule has 1 saturated heterocycles. The Morgan fingerprint density at radius 3 is 2.64 bits per heavy atom. The molecule has 0 aromatic heterocycles.